The van der Waals surface area contributed by atoms with E-state index in [2.05, 4.69) is 5.32 Å². The summed E-state index contributed by atoms with van der Waals surface area (Å²) in [5.74, 6) is 0.0297. The zero-order chi connectivity index (χ0) is 15.1. The summed E-state index contributed by atoms with van der Waals surface area (Å²) in [6, 6.07) is 6.04. The first-order valence-corrected chi connectivity index (χ1v) is 7.45. The van der Waals surface area contributed by atoms with Gasteiger partial charge in [-0.1, -0.05) is 6.07 Å². The van der Waals surface area contributed by atoms with Crippen LogP contribution in [0.25, 0.3) is 0 Å². The van der Waals surface area contributed by atoms with Crippen molar-refractivity contribution in [2.75, 3.05) is 32.7 Å². The molecule has 1 amide bonds. The molecule has 1 unspecified atom stereocenters. The normalized spacial score (nSPS) is 16.5. The number of hydrogen-bond acceptors (Lipinski definition) is 4. The van der Waals surface area contributed by atoms with E-state index in [1.807, 2.05) is 18.2 Å². The summed E-state index contributed by atoms with van der Waals surface area (Å²) in [6.07, 6.45) is 3.47. The van der Waals surface area contributed by atoms with Gasteiger partial charge in [0.2, 0.25) is 5.91 Å². The smallest absolute Gasteiger partial charge is 0.222 e. The molecule has 0 fully saturated rings. The molecule has 0 aliphatic heterocycles. The number of nitrogens with two attached hydrogens (primary N) is 1. The molecule has 0 spiro atoms. The fourth-order valence-corrected chi connectivity index (χ4v) is 2.66. The molecule has 124 valence electrons. The van der Waals surface area contributed by atoms with Gasteiger partial charge in [-0.15, -0.1) is 12.4 Å². The van der Waals surface area contributed by atoms with Gasteiger partial charge in [-0.05, 0) is 42.5 Å². The quantitative estimate of drug-likeness (QED) is 0.594. The van der Waals surface area contributed by atoms with Gasteiger partial charge in [-0.25, -0.2) is 0 Å². The van der Waals surface area contributed by atoms with E-state index in [0.29, 0.717) is 26.2 Å². The number of rotatable bonds is 7. The number of methoxy groups -OCH3 is 1. The molecule has 1 atom stereocenters. The summed E-state index contributed by atoms with van der Waals surface area (Å²) < 4.78 is 10.2. The molecule has 6 heteroatoms. The van der Waals surface area contributed by atoms with Crippen LogP contribution in [0.15, 0.2) is 18.2 Å². The lowest BCUT2D eigenvalue weighted by Crippen LogP contribution is -2.31. The molecule has 22 heavy (non-hydrogen) atoms. The molecule has 0 heterocycles. The third-order valence-electron chi connectivity index (χ3n) is 3.72. The van der Waals surface area contributed by atoms with Crippen LogP contribution >= 0.6 is 12.4 Å². The molecule has 0 saturated carbocycles. The number of halogens is 1. The molecule has 1 aliphatic carbocycles. The second-order valence-corrected chi connectivity index (χ2v) is 5.33. The van der Waals surface area contributed by atoms with Crippen molar-refractivity contribution in [2.45, 2.75) is 31.7 Å². The van der Waals surface area contributed by atoms with Crippen molar-refractivity contribution in [3.8, 4) is 0 Å². The molecule has 1 aromatic rings. The molecular weight excluding hydrogens is 304 g/mol. The number of fused-ring (bicyclic) bond motifs is 1. The third-order valence-corrected chi connectivity index (χ3v) is 3.72. The highest BCUT2D eigenvalue weighted by atomic mass is 35.5. The number of nitrogen functional groups attached to an aromatic ring is 1. The SMILES string of the molecule is COCCOCCC(=O)NC1CCCc2cc(N)ccc21.Cl. The average Bonchev–Trinajstić information content (AvgIpc) is 2.47. The summed E-state index contributed by atoms with van der Waals surface area (Å²) in [5.41, 5.74) is 9.06. The molecule has 0 aromatic heterocycles. The average molecular weight is 329 g/mol. The maximum atomic E-state index is 12.0. The van der Waals surface area contributed by atoms with Crippen LogP contribution in [0.2, 0.25) is 0 Å². The van der Waals surface area contributed by atoms with Gasteiger partial charge < -0.3 is 20.5 Å². The number of carbonyl (C=O) groups excluding carboxylic acids is 1. The van der Waals surface area contributed by atoms with Gasteiger partial charge in [0.05, 0.1) is 25.9 Å². The van der Waals surface area contributed by atoms with E-state index in [9.17, 15) is 4.79 Å². The first-order chi connectivity index (χ1) is 10.2. The van der Waals surface area contributed by atoms with E-state index in [1.54, 1.807) is 7.11 Å². The Hall–Kier alpha value is -1.30. The topological polar surface area (TPSA) is 73.6 Å². The highest BCUT2D eigenvalue weighted by molar-refractivity contribution is 5.85. The minimum atomic E-state index is 0. The highest BCUT2D eigenvalue weighted by Crippen LogP contribution is 2.30. The Morgan fingerprint density at radius 2 is 2.18 bits per heavy atom. The molecule has 0 radical (unpaired) electrons. The van der Waals surface area contributed by atoms with Crippen LogP contribution in [0.1, 0.15) is 36.4 Å². The lowest BCUT2D eigenvalue weighted by Gasteiger charge is -2.26. The number of hydrogen-bond donors (Lipinski definition) is 2. The van der Waals surface area contributed by atoms with Crippen LogP contribution in [0.4, 0.5) is 5.69 Å². The number of nitrogens with one attached hydrogen (secondary N) is 1. The first kappa shape index (κ1) is 18.7. The number of benzene rings is 1. The molecule has 1 aliphatic rings. The largest absolute Gasteiger partial charge is 0.399 e. The van der Waals surface area contributed by atoms with Crippen molar-refractivity contribution < 1.29 is 14.3 Å². The van der Waals surface area contributed by atoms with Crippen LogP contribution in [-0.2, 0) is 20.7 Å². The Bertz CT molecular complexity index is 482. The molecular formula is C16H25ClN2O3. The zero-order valence-corrected chi connectivity index (χ0v) is 13.8. The summed E-state index contributed by atoms with van der Waals surface area (Å²) in [7, 11) is 1.63. The number of aryl methyl sites for hydroxylation is 1. The second kappa shape index (κ2) is 9.66. The van der Waals surface area contributed by atoms with E-state index >= 15 is 0 Å². The van der Waals surface area contributed by atoms with E-state index in [4.69, 9.17) is 15.2 Å². The van der Waals surface area contributed by atoms with Crippen molar-refractivity contribution in [1.29, 1.82) is 0 Å². The lowest BCUT2D eigenvalue weighted by atomic mass is 9.87. The van der Waals surface area contributed by atoms with Crippen molar-refractivity contribution in [2.24, 2.45) is 0 Å². The fourth-order valence-electron chi connectivity index (χ4n) is 2.66. The van der Waals surface area contributed by atoms with Crippen LogP contribution < -0.4 is 11.1 Å². The maximum absolute atomic E-state index is 12.0. The van der Waals surface area contributed by atoms with Crippen molar-refractivity contribution in [3.05, 3.63) is 29.3 Å². The molecule has 1 aromatic carbocycles. The summed E-state index contributed by atoms with van der Waals surface area (Å²) in [6.45, 7) is 1.50. The van der Waals surface area contributed by atoms with Gasteiger partial charge in [0.25, 0.3) is 0 Å². The Kier molecular flexibility index (Phi) is 8.24. The van der Waals surface area contributed by atoms with Crippen molar-refractivity contribution in [1.82, 2.24) is 5.32 Å². The Balaban J connectivity index is 0.00000242. The van der Waals surface area contributed by atoms with Gasteiger partial charge in [-0.2, -0.15) is 0 Å². The Labute approximate surface area is 138 Å². The van der Waals surface area contributed by atoms with E-state index < -0.39 is 0 Å². The van der Waals surface area contributed by atoms with Crippen LogP contribution in [0.3, 0.4) is 0 Å². The van der Waals surface area contributed by atoms with Crippen LogP contribution in [-0.4, -0.2) is 32.8 Å². The minimum absolute atomic E-state index is 0. The number of carbonyl (C=O) groups is 1. The van der Waals surface area contributed by atoms with Crippen LogP contribution in [0.5, 0.6) is 0 Å². The van der Waals surface area contributed by atoms with Gasteiger partial charge in [-0.3, -0.25) is 4.79 Å². The minimum Gasteiger partial charge on any atom is -0.399 e. The maximum Gasteiger partial charge on any atom is 0.222 e. The standard InChI is InChI=1S/C16H24N2O3.ClH/c1-20-9-10-21-8-7-16(19)18-15-4-2-3-12-11-13(17)5-6-14(12)15;/h5-6,11,15H,2-4,7-10,17H2,1H3,(H,18,19);1H. The van der Waals surface area contributed by atoms with Gasteiger partial charge in [0.1, 0.15) is 0 Å². The third kappa shape index (κ3) is 5.48. The number of amides is 1. The van der Waals surface area contributed by atoms with Crippen molar-refractivity contribution >= 4 is 24.0 Å². The second-order valence-electron chi connectivity index (χ2n) is 5.33. The summed E-state index contributed by atoms with van der Waals surface area (Å²) in [5, 5.41) is 3.09. The first-order valence-electron chi connectivity index (χ1n) is 7.45. The van der Waals surface area contributed by atoms with Crippen molar-refractivity contribution in [3.63, 3.8) is 0 Å². The van der Waals surface area contributed by atoms with E-state index in [0.717, 1.165) is 24.9 Å². The van der Waals surface area contributed by atoms with Gasteiger partial charge in [0, 0.05) is 19.2 Å². The fraction of sp³-hybridized carbons (Fsp3) is 0.562. The Morgan fingerprint density at radius 1 is 1.36 bits per heavy atom. The summed E-state index contributed by atoms with van der Waals surface area (Å²) >= 11 is 0. The molecule has 3 N–H and O–H groups in total. The predicted molar refractivity (Wildman–Crippen MR) is 89.2 cm³/mol. The Morgan fingerprint density at radius 3 is 2.95 bits per heavy atom. The molecule has 5 nitrogen and oxygen atoms in total. The summed E-state index contributed by atoms with van der Waals surface area (Å²) in [4.78, 5) is 12.0. The van der Waals surface area contributed by atoms with Crippen LogP contribution in [0, 0.1) is 0 Å². The lowest BCUT2D eigenvalue weighted by molar-refractivity contribution is -0.123. The van der Waals surface area contributed by atoms with E-state index in [-0.39, 0.29) is 24.4 Å². The van der Waals surface area contributed by atoms with Gasteiger partial charge >= 0.3 is 0 Å². The zero-order valence-electron chi connectivity index (χ0n) is 13.0. The molecule has 0 bridgehead atoms. The molecule has 2 rings (SSSR count). The molecule has 0 saturated heterocycles. The number of anilines is 1. The highest BCUT2D eigenvalue weighted by Gasteiger charge is 2.21. The monoisotopic (exact) mass is 328 g/mol. The van der Waals surface area contributed by atoms with E-state index in [1.165, 1.54) is 11.1 Å². The number of ether oxygens (including phenoxy) is 2. The van der Waals surface area contributed by atoms with Gasteiger partial charge in [0.15, 0.2) is 0 Å². The predicted octanol–water partition coefficient (Wildman–Crippen LogP) is 2.24.